The van der Waals surface area contributed by atoms with Crippen LogP contribution in [0, 0.1) is 5.92 Å². The third-order valence-electron chi connectivity index (χ3n) is 5.01. The van der Waals surface area contributed by atoms with E-state index >= 15 is 0 Å². The van der Waals surface area contributed by atoms with Crippen LogP contribution in [-0.4, -0.2) is 63.7 Å². The molecule has 0 unspecified atom stereocenters. The number of carbonyl (C=O) groups is 1. The lowest BCUT2D eigenvalue weighted by atomic mass is 9.93. The highest BCUT2D eigenvalue weighted by Crippen LogP contribution is 2.20. The van der Waals surface area contributed by atoms with Crippen LogP contribution < -0.4 is 10.6 Å². The molecule has 0 spiro atoms. The second kappa shape index (κ2) is 14.6. The van der Waals surface area contributed by atoms with E-state index in [2.05, 4.69) is 44.8 Å². The van der Waals surface area contributed by atoms with Crippen LogP contribution >= 0.6 is 24.0 Å². The zero-order chi connectivity index (χ0) is 19.3. The number of piperidine rings is 1. The van der Waals surface area contributed by atoms with Gasteiger partial charge in [-0.3, -0.25) is 9.79 Å². The summed E-state index contributed by atoms with van der Waals surface area (Å²) in [5.74, 6) is 1.58. The van der Waals surface area contributed by atoms with Crippen LogP contribution in [0.2, 0.25) is 0 Å². The Morgan fingerprint density at radius 3 is 2.57 bits per heavy atom. The lowest BCUT2D eigenvalue weighted by molar-refractivity contribution is -0.121. The topological polar surface area (TPSA) is 66.0 Å². The first-order chi connectivity index (χ1) is 13.2. The average Bonchev–Trinajstić information content (AvgIpc) is 2.71. The van der Waals surface area contributed by atoms with Gasteiger partial charge in [-0.25, -0.2) is 0 Å². The van der Waals surface area contributed by atoms with Crippen molar-refractivity contribution >= 4 is 35.8 Å². The maximum atomic E-state index is 11.5. The van der Waals surface area contributed by atoms with Gasteiger partial charge in [0.15, 0.2) is 5.96 Å². The number of benzene rings is 1. The number of hydrogen-bond acceptors (Lipinski definition) is 3. The molecule has 1 amide bonds. The molecule has 0 aliphatic carbocycles. The van der Waals surface area contributed by atoms with Crippen molar-refractivity contribution < 1.29 is 9.53 Å². The van der Waals surface area contributed by atoms with Crippen molar-refractivity contribution in [1.82, 2.24) is 15.5 Å². The molecule has 1 aromatic carbocycles. The van der Waals surface area contributed by atoms with Gasteiger partial charge >= 0.3 is 0 Å². The number of likely N-dealkylation sites (tertiary alicyclic amines) is 1. The number of halogens is 1. The van der Waals surface area contributed by atoms with E-state index < -0.39 is 0 Å². The Morgan fingerprint density at radius 2 is 1.93 bits per heavy atom. The summed E-state index contributed by atoms with van der Waals surface area (Å²) in [5, 5.41) is 6.15. The van der Waals surface area contributed by atoms with E-state index in [-0.39, 0.29) is 29.9 Å². The van der Waals surface area contributed by atoms with Gasteiger partial charge in [-0.1, -0.05) is 30.3 Å². The number of rotatable bonds is 9. The molecule has 0 radical (unpaired) electrons. The minimum Gasteiger partial charge on any atom is -0.381 e. The number of ether oxygens (including phenoxy) is 1. The van der Waals surface area contributed by atoms with Crippen molar-refractivity contribution in [3.63, 3.8) is 0 Å². The number of carbonyl (C=O) groups excluding carboxylic acids is 1. The highest BCUT2D eigenvalue weighted by molar-refractivity contribution is 14.0. The summed E-state index contributed by atoms with van der Waals surface area (Å²) in [6.45, 7) is 4.28. The third-order valence-corrected chi connectivity index (χ3v) is 5.01. The van der Waals surface area contributed by atoms with Gasteiger partial charge in [-0.05, 0) is 37.2 Å². The van der Waals surface area contributed by atoms with E-state index in [9.17, 15) is 4.79 Å². The zero-order valence-electron chi connectivity index (χ0n) is 17.2. The summed E-state index contributed by atoms with van der Waals surface area (Å²) in [5.41, 5.74) is 1.32. The summed E-state index contributed by atoms with van der Waals surface area (Å²) < 4.78 is 5.73. The Kier molecular flexibility index (Phi) is 12.9. The molecule has 1 aromatic rings. The summed E-state index contributed by atoms with van der Waals surface area (Å²) in [6, 6.07) is 10.4. The molecule has 158 valence electrons. The van der Waals surface area contributed by atoms with E-state index in [1.807, 2.05) is 13.1 Å². The van der Waals surface area contributed by atoms with Gasteiger partial charge in [0.25, 0.3) is 0 Å². The van der Waals surface area contributed by atoms with Crippen LogP contribution in [0.5, 0.6) is 0 Å². The molecule has 1 saturated heterocycles. The first kappa shape index (κ1) is 24.7. The first-order valence-electron chi connectivity index (χ1n) is 10.0. The lowest BCUT2D eigenvalue weighted by Gasteiger charge is -2.34. The summed E-state index contributed by atoms with van der Waals surface area (Å²) in [6.07, 6.45) is 4.63. The lowest BCUT2D eigenvalue weighted by Crippen LogP contribution is -2.46. The Morgan fingerprint density at radius 1 is 1.21 bits per heavy atom. The number of guanidine groups is 1. The monoisotopic (exact) mass is 502 g/mol. The van der Waals surface area contributed by atoms with Crippen LogP contribution in [0.1, 0.15) is 31.2 Å². The predicted octanol–water partition coefficient (Wildman–Crippen LogP) is 2.68. The van der Waals surface area contributed by atoms with Gasteiger partial charge in [0, 0.05) is 46.8 Å². The largest absolute Gasteiger partial charge is 0.381 e. The molecule has 1 aliphatic heterocycles. The molecule has 1 heterocycles. The molecule has 28 heavy (non-hydrogen) atoms. The normalized spacial score (nSPS) is 15.1. The van der Waals surface area contributed by atoms with Crippen molar-refractivity contribution in [3.05, 3.63) is 35.9 Å². The molecule has 6 nitrogen and oxygen atoms in total. The van der Waals surface area contributed by atoms with Crippen LogP contribution in [0.15, 0.2) is 35.3 Å². The van der Waals surface area contributed by atoms with Crippen molar-refractivity contribution in [2.45, 2.75) is 32.1 Å². The van der Waals surface area contributed by atoms with E-state index in [0.29, 0.717) is 12.3 Å². The van der Waals surface area contributed by atoms with E-state index in [1.165, 1.54) is 5.56 Å². The van der Waals surface area contributed by atoms with E-state index in [0.717, 1.165) is 64.5 Å². The first-order valence-corrected chi connectivity index (χ1v) is 10.0. The number of nitrogens with one attached hydrogen (secondary N) is 2. The fourth-order valence-electron chi connectivity index (χ4n) is 3.36. The average molecular weight is 502 g/mol. The standard InChI is InChI=1S/C21H34N4O2.HI/c1-22-20(26)17-19-9-13-25(14-10-19)21(23-2)24-12-6-15-27-16-11-18-7-4-3-5-8-18;/h3-5,7-8,19H,6,9-17H2,1-2H3,(H,22,26)(H,23,24);1H. The van der Waals surface area contributed by atoms with Crippen LogP contribution in [0.25, 0.3) is 0 Å². The zero-order valence-corrected chi connectivity index (χ0v) is 19.5. The maximum Gasteiger partial charge on any atom is 0.220 e. The molecular formula is C21H35IN4O2. The number of nitrogens with zero attached hydrogens (tertiary/aromatic N) is 2. The highest BCUT2D eigenvalue weighted by Gasteiger charge is 2.22. The quantitative estimate of drug-likeness (QED) is 0.236. The Labute approximate surface area is 186 Å². The molecule has 7 heteroatoms. The van der Waals surface area contributed by atoms with Gasteiger partial charge < -0.3 is 20.3 Å². The van der Waals surface area contributed by atoms with Gasteiger partial charge in [-0.2, -0.15) is 0 Å². The van der Waals surface area contributed by atoms with Gasteiger partial charge in [-0.15, -0.1) is 24.0 Å². The van der Waals surface area contributed by atoms with Crippen molar-refractivity contribution in [2.24, 2.45) is 10.9 Å². The molecule has 1 aliphatic rings. The fraction of sp³-hybridized carbons (Fsp3) is 0.619. The predicted molar refractivity (Wildman–Crippen MR) is 125 cm³/mol. The van der Waals surface area contributed by atoms with Crippen LogP contribution in [-0.2, 0) is 16.0 Å². The summed E-state index contributed by atoms with van der Waals surface area (Å²) in [4.78, 5) is 18.2. The SMILES string of the molecule is CN=C(NCCCOCCc1ccccc1)N1CCC(CC(=O)NC)CC1.I. The third kappa shape index (κ3) is 9.23. The minimum atomic E-state index is 0. The summed E-state index contributed by atoms with van der Waals surface area (Å²) in [7, 11) is 3.53. The highest BCUT2D eigenvalue weighted by atomic mass is 127. The second-order valence-electron chi connectivity index (χ2n) is 6.98. The molecular weight excluding hydrogens is 467 g/mol. The van der Waals surface area contributed by atoms with Gasteiger partial charge in [0.2, 0.25) is 5.91 Å². The number of hydrogen-bond donors (Lipinski definition) is 2. The van der Waals surface area contributed by atoms with Crippen LogP contribution in [0.4, 0.5) is 0 Å². The van der Waals surface area contributed by atoms with Crippen molar-refractivity contribution in [2.75, 3.05) is 46.9 Å². The van der Waals surface area contributed by atoms with Crippen molar-refractivity contribution in [3.8, 4) is 0 Å². The Bertz CT molecular complexity index is 575. The summed E-state index contributed by atoms with van der Waals surface area (Å²) >= 11 is 0. The van der Waals surface area contributed by atoms with Crippen LogP contribution in [0.3, 0.4) is 0 Å². The Balaban J connectivity index is 0.00000392. The van der Waals surface area contributed by atoms with Crippen molar-refractivity contribution in [1.29, 1.82) is 0 Å². The second-order valence-corrected chi connectivity index (χ2v) is 6.98. The van der Waals surface area contributed by atoms with E-state index in [4.69, 9.17) is 4.74 Å². The number of amides is 1. The fourth-order valence-corrected chi connectivity index (χ4v) is 3.36. The molecule has 1 fully saturated rings. The van der Waals surface area contributed by atoms with Gasteiger partial charge in [0.1, 0.15) is 0 Å². The molecule has 0 aromatic heterocycles. The minimum absolute atomic E-state index is 0. The molecule has 0 bridgehead atoms. The molecule has 0 saturated carbocycles. The maximum absolute atomic E-state index is 11.5. The smallest absolute Gasteiger partial charge is 0.220 e. The van der Waals surface area contributed by atoms with E-state index in [1.54, 1.807) is 7.05 Å². The van der Waals surface area contributed by atoms with Gasteiger partial charge in [0.05, 0.1) is 6.61 Å². The molecule has 2 rings (SSSR count). The molecule has 0 atom stereocenters. The number of aliphatic imine (C=N–C) groups is 1. The Hall–Kier alpha value is -1.35. The molecule has 2 N–H and O–H groups in total.